The number of nitrogens with two attached hydrogens (primary N) is 1. The molecule has 7 aliphatic carbocycles. The van der Waals surface area contributed by atoms with Gasteiger partial charge in [0.1, 0.15) is 5.92 Å². The van der Waals surface area contributed by atoms with Crippen molar-refractivity contribution >= 4 is 11.8 Å². The second-order valence-electron chi connectivity index (χ2n) is 14.6. The van der Waals surface area contributed by atoms with E-state index in [2.05, 4.69) is 19.2 Å². The topological polar surface area (TPSA) is 72.2 Å². The third-order valence-corrected chi connectivity index (χ3v) is 13.2. The molecule has 0 aromatic carbocycles. The van der Waals surface area contributed by atoms with Crippen molar-refractivity contribution in [3.63, 3.8) is 0 Å². The molecule has 8 fully saturated rings. The summed E-state index contributed by atoms with van der Waals surface area (Å²) >= 11 is 0. The van der Waals surface area contributed by atoms with Crippen molar-refractivity contribution in [1.29, 1.82) is 0 Å². The number of fused-ring (bicyclic) bond motifs is 5. The maximum absolute atomic E-state index is 13.5. The molecule has 3 N–H and O–H groups in total. The van der Waals surface area contributed by atoms with Gasteiger partial charge in [-0.25, -0.2) is 0 Å². The molecule has 182 valence electrons. The van der Waals surface area contributed by atoms with Crippen LogP contribution >= 0.6 is 0 Å². The number of amides is 2. The van der Waals surface area contributed by atoms with Gasteiger partial charge in [0.05, 0.1) is 0 Å². The number of carbonyl (C=O) groups is 2. The van der Waals surface area contributed by atoms with Crippen molar-refractivity contribution in [2.24, 2.45) is 69.3 Å². The van der Waals surface area contributed by atoms with E-state index in [-0.39, 0.29) is 34.6 Å². The second kappa shape index (κ2) is 6.78. The number of primary amides is 1. The van der Waals surface area contributed by atoms with Gasteiger partial charge in [-0.05, 0) is 135 Å². The quantitative estimate of drug-likeness (QED) is 0.575. The maximum atomic E-state index is 13.5. The minimum Gasteiger partial charge on any atom is -0.369 e. The standard InChI is InChI=1S/C29H44N2O2/c1-27-8-3-4-20(27)19-5-6-22-28(2,21(19)7-9-27)24(23(25(30)32)26(33)31-22)29-13-16-10-17(14-29)12-18(11-16)15-29/h16-24H,3-15H2,1-2H3,(H2,30,32)(H,31,33)/t16?,17?,18?,19-,20-,21+,22?,23?,24?,27-,28+,29?/m0/s1. The van der Waals surface area contributed by atoms with Crippen molar-refractivity contribution < 1.29 is 9.59 Å². The lowest BCUT2D eigenvalue weighted by atomic mass is 9.36. The highest BCUT2D eigenvalue weighted by Crippen LogP contribution is 2.72. The van der Waals surface area contributed by atoms with E-state index in [4.69, 9.17) is 5.73 Å². The molecule has 8 atom stereocenters. The lowest BCUT2D eigenvalue weighted by Gasteiger charge is -2.69. The number of nitrogens with one attached hydrogen (secondary N) is 1. The molecule has 1 heterocycles. The molecule has 2 amide bonds. The first-order valence-corrected chi connectivity index (χ1v) is 14.3. The van der Waals surface area contributed by atoms with Gasteiger partial charge in [-0.1, -0.05) is 20.3 Å². The normalized spacial score (nSPS) is 58.8. The summed E-state index contributed by atoms with van der Waals surface area (Å²) in [6.07, 6.45) is 17.1. The molecule has 4 heteroatoms. The van der Waals surface area contributed by atoms with E-state index in [9.17, 15) is 9.59 Å². The zero-order chi connectivity index (χ0) is 22.8. The Kier molecular flexibility index (Phi) is 4.37. The highest BCUT2D eigenvalue weighted by atomic mass is 16.2. The molecule has 0 aromatic rings. The van der Waals surface area contributed by atoms with Crippen molar-refractivity contribution in [2.45, 2.75) is 103 Å². The number of carbonyl (C=O) groups excluding carboxylic acids is 2. The molecule has 8 rings (SSSR count). The zero-order valence-corrected chi connectivity index (χ0v) is 20.8. The van der Waals surface area contributed by atoms with Crippen molar-refractivity contribution in [1.82, 2.24) is 5.32 Å². The van der Waals surface area contributed by atoms with Crippen molar-refractivity contribution in [3.05, 3.63) is 0 Å². The molecule has 3 unspecified atom stereocenters. The van der Waals surface area contributed by atoms with Gasteiger partial charge in [0.15, 0.2) is 0 Å². The first-order chi connectivity index (χ1) is 15.7. The molecule has 0 aromatic heterocycles. The molecule has 0 spiro atoms. The van der Waals surface area contributed by atoms with Crippen LogP contribution in [0.5, 0.6) is 0 Å². The summed E-state index contributed by atoms with van der Waals surface area (Å²) in [6, 6.07) is 0.227. The van der Waals surface area contributed by atoms with E-state index in [1.54, 1.807) is 0 Å². The Morgan fingerprint density at radius 3 is 2.21 bits per heavy atom. The number of hydrogen-bond donors (Lipinski definition) is 2. The van der Waals surface area contributed by atoms with Crippen LogP contribution in [-0.2, 0) is 9.59 Å². The Bertz CT molecular complexity index is 848. The fraction of sp³-hybridized carbons (Fsp3) is 0.931. The average Bonchev–Trinajstić information content (AvgIpc) is 3.14. The molecular weight excluding hydrogens is 408 g/mol. The van der Waals surface area contributed by atoms with Crippen LogP contribution in [0.15, 0.2) is 0 Å². The minimum atomic E-state index is -0.627. The lowest BCUT2D eigenvalue weighted by molar-refractivity contribution is -0.206. The molecule has 0 radical (unpaired) electrons. The monoisotopic (exact) mass is 452 g/mol. The van der Waals surface area contributed by atoms with Gasteiger partial charge >= 0.3 is 0 Å². The summed E-state index contributed by atoms with van der Waals surface area (Å²) in [7, 11) is 0. The molecule has 4 nitrogen and oxygen atoms in total. The van der Waals surface area contributed by atoms with Crippen LogP contribution in [0.3, 0.4) is 0 Å². The summed E-state index contributed by atoms with van der Waals surface area (Å²) in [6.45, 7) is 5.10. The summed E-state index contributed by atoms with van der Waals surface area (Å²) in [5.41, 5.74) is 6.82. The molecule has 7 saturated carbocycles. The van der Waals surface area contributed by atoms with E-state index in [1.807, 2.05) is 0 Å². The molecule has 1 saturated heterocycles. The average molecular weight is 453 g/mol. The predicted octanol–water partition coefficient (Wildman–Crippen LogP) is 5.05. The fourth-order valence-corrected chi connectivity index (χ4v) is 12.7. The largest absolute Gasteiger partial charge is 0.369 e. The molecule has 4 bridgehead atoms. The number of hydrogen-bond acceptors (Lipinski definition) is 2. The van der Waals surface area contributed by atoms with Crippen LogP contribution in [0.2, 0.25) is 0 Å². The first kappa shape index (κ1) is 21.2. The molecule has 1 aliphatic heterocycles. The Morgan fingerprint density at radius 2 is 1.58 bits per heavy atom. The Labute approximate surface area is 199 Å². The van der Waals surface area contributed by atoms with Gasteiger partial charge in [-0.15, -0.1) is 0 Å². The minimum absolute atomic E-state index is 0.00606. The van der Waals surface area contributed by atoms with Crippen LogP contribution < -0.4 is 11.1 Å². The molecule has 8 aliphatic rings. The number of piperidine rings is 1. The van der Waals surface area contributed by atoms with Crippen molar-refractivity contribution in [3.8, 4) is 0 Å². The van der Waals surface area contributed by atoms with E-state index in [1.165, 1.54) is 77.0 Å². The SMILES string of the molecule is C[C@@]12CCC[C@H]1[C@@H]1CCC3NC(=O)C(C(N)=O)C(C45CC6CC(CC(C6)C4)C5)[C@]3(C)[C@@H]1CC2. The molecular formula is C29H44N2O2. The lowest BCUT2D eigenvalue weighted by Crippen LogP contribution is -2.72. The summed E-state index contributed by atoms with van der Waals surface area (Å²) in [5.74, 6) is 3.84. The van der Waals surface area contributed by atoms with E-state index < -0.39 is 5.92 Å². The van der Waals surface area contributed by atoms with Crippen molar-refractivity contribution in [2.75, 3.05) is 0 Å². The number of rotatable bonds is 2. The fourth-order valence-electron chi connectivity index (χ4n) is 12.7. The third kappa shape index (κ3) is 2.70. The van der Waals surface area contributed by atoms with Crippen LogP contribution in [0.4, 0.5) is 0 Å². The second-order valence-corrected chi connectivity index (χ2v) is 14.6. The van der Waals surface area contributed by atoms with Crippen LogP contribution in [0.25, 0.3) is 0 Å². The van der Waals surface area contributed by atoms with Crippen LogP contribution in [-0.4, -0.2) is 17.9 Å². The van der Waals surface area contributed by atoms with Crippen LogP contribution in [0, 0.1) is 63.6 Å². The van der Waals surface area contributed by atoms with E-state index in [0.717, 1.165) is 36.0 Å². The Hall–Kier alpha value is -1.06. The van der Waals surface area contributed by atoms with Gasteiger partial charge in [0.25, 0.3) is 0 Å². The van der Waals surface area contributed by atoms with Gasteiger partial charge in [0.2, 0.25) is 11.8 Å². The first-order valence-electron chi connectivity index (χ1n) is 14.3. The van der Waals surface area contributed by atoms with E-state index >= 15 is 0 Å². The smallest absolute Gasteiger partial charge is 0.233 e. The highest BCUT2D eigenvalue weighted by Gasteiger charge is 2.69. The third-order valence-electron chi connectivity index (χ3n) is 13.2. The van der Waals surface area contributed by atoms with E-state index in [0.29, 0.717) is 11.3 Å². The highest BCUT2D eigenvalue weighted by molar-refractivity contribution is 6.01. The summed E-state index contributed by atoms with van der Waals surface area (Å²) < 4.78 is 0. The summed E-state index contributed by atoms with van der Waals surface area (Å²) in [5, 5.41) is 3.41. The maximum Gasteiger partial charge on any atom is 0.233 e. The van der Waals surface area contributed by atoms with Gasteiger partial charge in [-0.2, -0.15) is 0 Å². The predicted molar refractivity (Wildman–Crippen MR) is 128 cm³/mol. The van der Waals surface area contributed by atoms with Crippen LogP contribution in [0.1, 0.15) is 97.3 Å². The van der Waals surface area contributed by atoms with Gasteiger partial charge in [-0.3, -0.25) is 9.59 Å². The zero-order valence-electron chi connectivity index (χ0n) is 20.8. The summed E-state index contributed by atoms with van der Waals surface area (Å²) in [4.78, 5) is 26.6. The van der Waals surface area contributed by atoms with Gasteiger partial charge in [0, 0.05) is 6.04 Å². The Morgan fingerprint density at radius 1 is 0.909 bits per heavy atom. The van der Waals surface area contributed by atoms with Gasteiger partial charge < -0.3 is 11.1 Å². The molecule has 33 heavy (non-hydrogen) atoms. The Balaban J connectivity index is 1.35.